The van der Waals surface area contributed by atoms with Gasteiger partial charge in [-0.1, -0.05) is 6.07 Å². The number of aromatic nitrogens is 3. The lowest BCUT2D eigenvalue weighted by Crippen LogP contribution is -2.21. The summed E-state index contributed by atoms with van der Waals surface area (Å²) in [6, 6.07) is 7.82. The number of methoxy groups -OCH3 is 1. The minimum atomic E-state index is 0.455. The fourth-order valence-corrected chi connectivity index (χ4v) is 2.40. The molecule has 5 nitrogen and oxygen atoms in total. The molecule has 0 saturated carbocycles. The molecule has 0 amide bonds. The maximum Gasteiger partial charge on any atom is 0.228 e. The molecule has 3 rings (SSSR count). The lowest BCUT2D eigenvalue weighted by Gasteiger charge is -2.16. The minimum Gasteiger partial charge on any atom is -0.481 e. The number of rotatable bonds is 3. The van der Waals surface area contributed by atoms with Gasteiger partial charge in [-0.3, -0.25) is 4.98 Å². The van der Waals surface area contributed by atoms with E-state index in [-0.39, 0.29) is 0 Å². The van der Waals surface area contributed by atoms with E-state index >= 15 is 0 Å². The topological polar surface area (TPSA) is 51.1 Å². The van der Waals surface area contributed by atoms with E-state index in [0.717, 1.165) is 31.2 Å². The van der Waals surface area contributed by atoms with Gasteiger partial charge >= 0.3 is 0 Å². The zero-order valence-corrected chi connectivity index (χ0v) is 10.9. The van der Waals surface area contributed by atoms with Crippen molar-refractivity contribution in [3.05, 3.63) is 42.4 Å². The van der Waals surface area contributed by atoms with Gasteiger partial charge in [-0.05, 0) is 18.6 Å². The van der Waals surface area contributed by atoms with Crippen LogP contribution >= 0.6 is 0 Å². The molecule has 19 heavy (non-hydrogen) atoms. The van der Waals surface area contributed by atoms with Crippen molar-refractivity contribution in [1.29, 1.82) is 0 Å². The van der Waals surface area contributed by atoms with Gasteiger partial charge in [0, 0.05) is 43.2 Å². The second-order valence-electron chi connectivity index (χ2n) is 4.59. The highest BCUT2D eigenvalue weighted by molar-refractivity contribution is 5.35. The zero-order chi connectivity index (χ0) is 13.1. The standard InChI is InChI=1S/C14H16N4O/c1-19-13-5-8-16-14(17-13)18-9-6-11(10-18)12-4-2-3-7-15-12/h2-5,7-8,11H,6,9-10H2,1H3. The fourth-order valence-electron chi connectivity index (χ4n) is 2.40. The van der Waals surface area contributed by atoms with Crippen LogP contribution in [0.3, 0.4) is 0 Å². The molecule has 0 aliphatic carbocycles. The number of anilines is 1. The van der Waals surface area contributed by atoms with Crippen molar-refractivity contribution in [3.8, 4) is 5.88 Å². The molecule has 0 aromatic carbocycles. The Kier molecular flexibility index (Phi) is 3.27. The molecule has 3 heterocycles. The smallest absolute Gasteiger partial charge is 0.228 e. The van der Waals surface area contributed by atoms with Crippen molar-refractivity contribution in [2.75, 3.05) is 25.1 Å². The van der Waals surface area contributed by atoms with Crippen molar-refractivity contribution < 1.29 is 4.74 Å². The van der Waals surface area contributed by atoms with Gasteiger partial charge in [0.25, 0.3) is 0 Å². The van der Waals surface area contributed by atoms with E-state index in [1.165, 1.54) is 0 Å². The van der Waals surface area contributed by atoms with Crippen LogP contribution in [0.1, 0.15) is 18.0 Å². The quantitative estimate of drug-likeness (QED) is 0.839. The van der Waals surface area contributed by atoms with Crippen molar-refractivity contribution in [3.63, 3.8) is 0 Å². The molecule has 5 heteroatoms. The highest BCUT2D eigenvalue weighted by Gasteiger charge is 2.26. The van der Waals surface area contributed by atoms with E-state index in [1.807, 2.05) is 18.3 Å². The van der Waals surface area contributed by atoms with Crippen molar-refractivity contribution in [2.24, 2.45) is 0 Å². The maximum atomic E-state index is 5.14. The normalized spacial score (nSPS) is 18.6. The molecule has 0 bridgehead atoms. The van der Waals surface area contributed by atoms with Crippen LogP contribution in [0.25, 0.3) is 0 Å². The van der Waals surface area contributed by atoms with Crippen LogP contribution in [0.4, 0.5) is 5.95 Å². The van der Waals surface area contributed by atoms with Gasteiger partial charge in [0.2, 0.25) is 11.8 Å². The van der Waals surface area contributed by atoms with Crippen LogP contribution < -0.4 is 9.64 Å². The van der Waals surface area contributed by atoms with Crippen molar-refractivity contribution in [1.82, 2.24) is 15.0 Å². The van der Waals surface area contributed by atoms with E-state index in [2.05, 4.69) is 25.9 Å². The molecule has 0 radical (unpaired) electrons. The summed E-state index contributed by atoms with van der Waals surface area (Å²) in [5, 5.41) is 0. The van der Waals surface area contributed by atoms with Crippen LogP contribution in [-0.4, -0.2) is 35.2 Å². The fraction of sp³-hybridized carbons (Fsp3) is 0.357. The van der Waals surface area contributed by atoms with Gasteiger partial charge in [0.05, 0.1) is 7.11 Å². The summed E-state index contributed by atoms with van der Waals surface area (Å²) in [7, 11) is 1.62. The average molecular weight is 256 g/mol. The molecule has 1 unspecified atom stereocenters. The summed E-state index contributed by atoms with van der Waals surface area (Å²) in [5.41, 5.74) is 1.15. The molecule has 2 aromatic heterocycles. The SMILES string of the molecule is COc1ccnc(N2CCC(c3ccccn3)C2)n1. The van der Waals surface area contributed by atoms with Gasteiger partial charge in [-0.25, -0.2) is 4.98 Å². The predicted octanol–water partition coefficient (Wildman–Crippen LogP) is 1.87. The summed E-state index contributed by atoms with van der Waals surface area (Å²) in [6.07, 6.45) is 4.66. The molecule has 0 spiro atoms. The van der Waals surface area contributed by atoms with Crippen LogP contribution in [0.5, 0.6) is 5.88 Å². The van der Waals surface area contributed by atoms with Gasteiger partial charge in [-0.2, -0.15) is 4.98 Å². The third-order valence-corrected chi connectivity index (χ3v) is 3.40. The molecule has 1 aliphatic rings. The summed E-state index contributed by atoms with van der Waals surface area (Å²) in [6.45, 7) is 1.86. The largest absolute Gasteiger partial charge is 0.481 e. The van der Waals surface area contributed by atoms with E-state index in [9.17, 15) is 0 Å². The first-order chi connectivity index (χ1) is 9.36. The first kappa shape index (κ1) is 11.9. The zero-order valence-electron chi connectivity index (χ0n) is 10.9. The molecular weight excluding hydrogens is 240 g/mol. The third-order valence-electron chi connectivity index (χ3n) is 3.40. The van der Waals surface area contributed by atoms with Gasteiger partial charge < -0.3 is 9.64 Å². The van der Waals surface area contributed by atoms with Crippen molar-refractivity contribution in [2.45, 2.75) is 12.3 Å². The molecular formula is C14H16N4O. The summed E-state index contributed by atoms with van der Waals surface area (Å²) >= 11 is 0. The van der Waals surface area contributed by atoms with Gasteiger partial charge in [0.15, 0.2) is 0 Å². The number of ether oxygens (including phenoxy) is 1. The van der Waals surface area contributed by atoms with Crippen LogP contribution in [-0.2, 0) is 0 Å². The molecule has 2 aromatic rings. The molecule has 1 aliphatic heterocycles. The molecule has 0 N–H and O–H groups in total. The highest BCUT2D eigenvalue weighted by atomic mass is 16.5. The van der Waals surface area contributed by atoms with Gasteiger partial charge in [-0.15, -0.1) is 0 Å². The molecule has 1 fully saturated rings. The monoisotopic (exact) mass is 256 g/mol. The molecule has 98 valence electrons. The third kappa shape index (κ3) is 2.50. The van der Waals surface area contributed by atoms with Crippen molar-refractivity contribution >= 4 is 5.95 Å². The average Bonchev–Trinajstić information content (AvgIpc) is 2.98. The Balaban J connectivity index is 1.75. The summed E-state index contributed by atoms with van der Waals surface area (Å²) in [5.74, 6) is 1.79. The van der Waals surface area contributed by atoms with Crippen LogP contribution in [0.2, 0.25) is 0 Å². The Morgan fingerprint density at radius 2 is 2.16 bits per heavy atom. The summed E-state index contributed by atoms with van der Waals surface area (Å²) < 4.78 is 5.14. The second kappa shape index (κ2) is 5.22. The number of hydrogen-bond donors (Lipinski definition) is 0. The maximum absolute atomic E-state index is 5.14. The minimum absolute atomic E-state index is 0.455. The molecule has 1 saturated heterocycles. The molecule has 1 atom stereocenters. The Labute approximate surface area is 112 Å². The Bertz CT molecular complexity index is 546. The Hall–Kier alpha value is -2.17. The van der Waals surface area contributed by atoms with E-state index in [0.29, 0.717) is 11.8 Å². The summed E-state index contributed by atoms with van der Waals surface area (Å²) in [4.78, 5) is 15.3. The van der Waals surface area contributed by atoms with E-state index in [4.69, 9.17) is 4.74 Å². The lowest BCUT2D eigenvalue weighted by atomic mass is 10.0. The van der Waals surface area contributed by atoms with E-state index in [1.54, 1.807) is 19.4 Å². The lowest BCUT2D eigenvalue weighted by molar-refractivity contribution is 0.397. The van der Waals surface area contributed by atoms with Crippen LogP contribution in [0, 0.1) is 0 Å². The highest BCUT2D eigenvalue weighted by Crippen LogP contribution is 2.28. The predicted molar refractivity (Wildman–Crippen MR) is 72.4 cm³/mol. The van der Waals surface area contributed by atoms with Crippen LogP contribution in [0.15, 0.2) is 36.7 Å². The number of nitrogens with zero attached hydrogens (tertiary/aromatic N) is 4. The number of hydrogen-bond acceptors (Lipinski definition) is 5. The van der Waals surface area contributed by atoms with E-state index < -0.39 is 0 Å². The first-order valence-electron chi connectivity index (χ1n) is 6.40. The Morgan fingerprint density at radius 1 is 1.21 bits per heavy atom. The Morgan fingerprint density at radius 3 is 2.95 bits per heavy atom. The number of pyridine rings is 1. The second-order valence-corrected chi connectivity index (χ2v) is 4.59. The van der Waals surface area contributed by atoms with Gasteiger partial charge in [0.1, 0.15) is 0 Å². The first-order valence-corrected chi connectivity index (χ1v) is 6.40.